The average molecular weight is 352 g/mol. The highest BCUT2D eigenvalue weighted by molar-refractivity contribution is 7.91. The monoisotopic (exact) mass is 352 g/mol. The number of nitrogens with zero attached hydrogens (tertiary/aromatic N) is 2. The van der Waals surface area contributed by atoms with Crippen molar-refractivity contribution in [1.82, 2.24) is 4.90 Å². The molecule has 6 nitrogen and oxygen atoms in total. The molecule has 1 fully saturated rings. The lowest BCUT2D eigenvalue weighted by Crippen LogP contribution is -2.47. The summed E-state index contributed by atoms with van der Waals surface area (Å²) in [6.07, 6.45) is 0.465. The number of anilines is 1. The molecule has 1 aromatic carbocycles. The Morgan fingerprint density at radius 1 is 1.29 bits per heavy atom. The number of carbonyl (C=O) groups is 2. The van der Waals surface area contributed by atoms with Gasteiger partial charge in [-0.25, -0.2) is 8.42 Å². The summed E-state index contributed by atoms with van der Waals surface area (Å²) in [5, 5.41) is 0. The van der Waals surface area contributed by atoms with Gasteiger partial charge in [0.05, 0.1) is 11.5 Å². The van der Waals surface area contributed by atoms with Crippen molar-refractivity contribution in [1.29, 1.82) is 0 Å². The summed E-state index contributed by atoms with van der Waals surface area (Å²) in [5.41, 5.74) is 1.67. The van der Waals surface area contributed by atoms with Gasteiger partial charge in [0.25, 0.3) is 0 Å². The number of hydrogen-bond acceptors (Lipinski definition) is 4. The van der Waals surface area contributed by atoms with Crippen molar-refractivity contribution in [2.45, 2.75) is 33.2 Å². The molecule has 2 amide bonds. The van der Waals surface area contributed by atoms with Gasteiger partial charge in [-0.15, -0.1) is 0 Å². The van der Waals surface area contributed by atoms with Gasteiger partial charge in [0.15, 0.2) is 9.84 Å². The lowest BCUT2D eigenvalue weighted by Gasteiger charge is -2.30. The lowest BCUT2D eigenvalue weighted by atomic mass is 10.2. The highest BCUT2D eigenvalue weighted by Gasteiger charge is 2.34. The Bertz CT molecular complexity index is 730. The van der Waals surface area contributed by atoms with Crippen LogP contribution in [0.5, 0.6) is 0 Å². The van der Waals surface area contributed by atoms with Crippen LogP contribution in [0, 0.1) is 6.92 Å². The van der Waals surface area contributed by atoms with Gasteiger partial charge in [-0.2, -0.15) is 0 Å². The van der Waals surface area contributed by atoms with E-state index in [4.69, 9.17) is 0 Å². The average Bonchev–Trinajstić information content (AvgIpc) is 2.85. The first-order chi connectivity index (χ1) is 11.2. The molecule has 132 valence electrons. The molecule has 1 aromatic rings. The summed E-state index contributed by atoms with van der Waals surface area (Å²) in [6.45, 7) is 5.52. The second kappa shape index (κ2) is 7.34. The van der Waals surface area contributed by atoms with Crippen molar-refractivity contribution in [3.8, 4) is 0 Å². The summed E-state index contributed by atoms with van der Waals surface area (Å²) in [7, 11) is -3.06. The van der Waals surface area contributed by atoms with E-state index in [1.807, 2.05) is 32.0 Å². The minimum Gasteiger partial charge on any atom is -0.337 e. The Kier molecular flexibility index (Phi) is 5.64. The molecule has 2 rings (SSSR count). The quantitative estimate of drug-likeness (QED) is 0.802. The zero-order valence-corrected chi connectivity index (χ0v) is 15.2. The van der Waals surface area contributed by atoms with Crippen LogP contribution in [0.15, 0.2) is 24.3 Å². The van der Waals surface area contributed by atoms with Gasteiger partial charge in [0.2, 0.25) is 11.8 Å². The number of sulfone groups is 1. The molecule has 0 bridgehead atoms. The molecule has 24 heavy (non-hydrogen) atoms. The largest absolute Gasteiger partial charge is 0.337 e. The topological polar surface area (TPSA) is 74.8 Å². The Morgan fingerprint density at radius 3 is 2.50 bits per heavy atom. The molecule has 1 unspecified atom stereocenters. The van der Waals surface area contributed by atoms with E-state index in [9.17, 15) is 18.0 Å². The van der Waals surface area contributed by atoms with E-state index in [0.29, 0.717) is 18.7 Å². The summed E-state index contributed by atoms with van der Waals surface area (Å²) < 4.78 is 23.3. The van der Waals surface area contributed by atoms with Crippen LogP contribution in [-0.2, 0) is 19.4 Å². The Balaban J connectivity index is 2.16. The number of carbonyl (C=O) groups excluding carboxylic acids is 2. The van der Waals surface area contributed by atoms with E-state index in [0.717, 1.165) is 5.56 Å². The van der Waals surface area contributed by atoms with Gasteiger partial charge in [0.1, 0.15) is 6.54 Å². The number of likely N-dealkylation sites (N-methyl/N-ethyl adjacent to an activating group) is 1. The molecule has 7 heteroatoms. The van der Waals surface area contributed by atoms with Crippen molar-refractivity contribution in [2.75, 3.05) is 29.5 Å². The fourth-order valence-electron chi connectivity index (χ4n) is 3.07. The Hall–Kier alpha value is -1.89. The van der Waals surface area contributed by atoms with Crippen molar-refractivity contribution in [2.24, 2.45) is 0 Å². The first-order valence-electron chi connectivity index (χ1n) is 8.08. The fourth-order valence-corrected chi connectivity index (χ4v) is 4.80. The molecule has 0 aromatic heterocycles. The van der Waals surface area contributed by atoms with E-state index in [-0.39, 0.29) is 35.9 Å². The third-order valence-electron chi connectivity index (χ3n) is 4.30. The van der Waals surface area contributed by atoms with Crippen LogP contribution in [0.25, 0.3) is 0 Å². The SMILES string of the molecule is CCN(C(=O)CN(C(C)=O)c1cccc(C)c1)C1CCS(=O)(=O)C1. The highest BCUT2D eigenvalue weighted by atomic mass is 32.2. The third-order valence-corrected chi connectivity index (χ3v) is 6.05. The summed E-state index contributed by atoms with van der Waals surface area (Å²) >= 11 is 0. The van der Waals surface area contributed by atoms with E-state index in [2.05, 4.69) is 0 Å². The van der Waals surface area contributed by atoms with Gasteiger partial charge in [-0.05, 0) is 38.0 Å². The van der Waals surface area contributed by atoms with E-state index in [1.165, 1.54) is 11.8 Å². The molecular formula is C17H24N2O4S. The zero-order chi connectivity index (χ0) is 17.9. The number of aryl methyl sites for hydroxylation is 1. The van der Waals surface area contributed by atoms with Gasteiger partial charge in [-0.1, -0.05) is 12.1 Å². The van der Waals surface area contributed by atoms with Crippen LogP contribution in [0.1, 0.15) is 25.8 Å². The first kappa shape index (κ1) is 18.4. The number of benzene rings is 1. The number of rotatable bonds is 5. The van der Waals surface area contributed by atoms with Crippen molar-refractivity contribution >= 4 is 27.3 Å². The Labute approximate surface area is 143 Å². The van der Waals surface area contributed by atoms with Crippen molar-refractivity contribution in [3.63, 3.8) is 0 Å². The van der Waals surface area contributed by atoms with Crippen LogP contribution in [0.4, 0.5) is 5.69 Å². The molecule has 1 aliphatic rings. The van der Waals surface area contributed by atoms with Gasteiger partial charge in [-0.3, -0.25) is 9.59 Å². The van der Waals surface area contributed by atoms with E-state index < -0.39 is 9.84 Å². The van der Waals surface area contributed by atoms with Crippen LogP contribution < -0.4 is 4.90 Å². The molecule has 0 N–H and O–H groups in total. The maximum atomic E-state index is 12.7. The summed E-state index contributed by atoms with van der Waals surface area (Å²) in [6, 6.07) is 7.11. The normalized spacial score (nSPS) is 19.0. The third kappa shape index (κ3) is 4.35. The minimum absolute atomic E-state index is 0.0110. The minimum atomic E-state index is -3.06. The molecule has 1 aliphatic heterocycles. The molecule has 0 spiro atoms. The van der Waals surface area contributed by atoms with Crippen molar-refractivity contribution < 1.29 is 18.0 Å². The first-order valence-corrected chi connectivity index (χ1v) is 9.90. The van der Waals surface area contributed by atoms with Crippen LogP contribution >= 0.6 is 0 Å². The molecular weight excluding hydrogens is 328 g/mol. The molecule has 0 radical (unpaired) electrons. The van der Waals surface area contributed by atoms with Gasteiger partial charge in [0, 0.05) is 25.2 Å². The highest BCUT2D eigenvalue weighted by Crippen LogP contribution is 2.20. The lowest BCUT2D eigenvalue weighted by molar-refractivity contribution is -0.132. The van der Waals surface area contributed by atoms with E-state index >= 15 is 0 Å². The maximum Gasteiger partial charge on any atom is 0.242 e. The molecule has 1 atom stereocenters. The van der Waals surface area contributed by atoms with Gasteiger partial charge < -0.3 is 9.80 Å². The second-order valence-corrected chi connectivity index (χ2v) is 8.41. The Morgan fingerprint density at radius 2 is 2.00 bits per heavy atom. The van der Waals surface area contributed by atoms with E-state index in [1.54, 1.807) is 11.0 Å². The summed E-state index contributed by atoms with van der Waals surface area (Å²) in [4.78, 5) is 27.7. The van der Waals surface area contributed by atoms with Gasteiger partial charge >= 0.3 is 0 Å². The molecule has 0 saturated carbocycles. The van der Waals surface area contributed by atoms with Crippen molar-refractivity contribution in [3.05, 3.63) is 29.8 Å². The predicted octanol–water partition coefficient (Wildman–Crippen LogP) is 1.38. The summed E-state index contributed by atoms with van der Waals surface area (Å²) in [5.74, 6) is -0.312. The molecule has 0 aliphatic carbocycles. The maximum absolute atomic E-state index is 12.7. The standard InChI is InChI=1S/C17H24N2O4S/c1-4-18(16-8-9-24(22,23)12-16)17(21)11-19(14(3)20)15-7-5-6-13(2)10-15/h5-7,10,16H,4,8-9,11-12H2,1-3H3. The predicted molar refractivity (Wildman–Crippen MR) is 93.7 cm³/mol. The number of hydrogen-bond donors (Lipinski definition) is 0. The van der Waals surface area contributed by atoms with Crippen LogP contribution in [0.3, 0.4) is 0 Å². The zero-order valence-electron chi connectivity index (χ0n) is 14.4. The van der Waals surface area contributed by atoms with Crippen LogP contribution in [0.2, 0.25) is 0 Å². The fraction of sp³-hybridized carbons (Fsp3) is 0.529. The van der Waals surface area contributed by atoms with Crippen LogP contribution in [-0.4, -0.2) is 55.8 Å². The number of amides is 2. The molecule has 1 saturated heterocycles. The smallest absolute Gasteiger partial charge is 0.242 e. The molecule has 1 heterocycles. The second-order valence-electron chi connectivity index (χ2n) is 6.18.